The van der Waals surface area contributed by atoms with E-state index in [2.05, 4.69) is 6.92 Å². The van der Waals surface area contributed by atoms with Crippen LogP contribution in [0.2, 0.25) is 0 Å². The molecule has 0 amide bonds. The molecule has 4 aliphatic carbocycles. The van der Waals surface area contributed by atoms with Crippen LogP contribution in [0.15, 0.2) is 23.0 Å². The summed E-state index contributed by atoms with van der Waals surface area (Å²) in [5, 5.41) is 35.9. The van der Waals surface area contributed by atoms with Gasteiger partial charge in [0.05, 0.1) is 59.6 Å². The van der Waals surface area contributed by atoms with E-state index in [-0.39, 0.29) is 49.6 Å². The van der Waals surface area contributed by atoms with Gasteiger partial charge in [-0.25, -0.2) is 0 Å². The van der Waals surface area contributed by atoms with Gasteiger partial charge in [-0.05, 0) is 42.7 Å². The normalized spacial score (nSPS) is 56.8. The predicted molar refractivity (Wildman–Crippen MR) is 139 cm³/mol. The van der Waals surface area contributed by atoms with E-state index in [4.69, 9.17) is 23.4 Å². The number of rotatable bonds is 4. The summed E-state index contributed by atoms with van der Waals surface area (Å²) in [4.78, 5) is 27.6. The van der Waals surface area contributed by atoms with Crippen molar-refractivity contribution in [3.05, 3.63) is 24.2 Å². The quantitative estimate of drug-likeness (QED) is 0.363. The van der Waals surface area contributed by atoms with Crippen molar-refractivity contribution in [3.8, 4) is 0 Å². The van der Waals surface area contributed by atoms with Crippen LogP contribution < -0.4 is 0 Å². The third kappa shape index (κ3) is 2.66. The third-order valence-electron chi connectivity index (χ3n) is 13.4. The topological polar surface area (TPSA) is 148 Å². The first-order valence-corrected chi connectivity index (χ1v) is 15.2. The number of hydrogen-bond acceptors (Lipinski definition) is 10. The van der Waals surface area contributed by atoms with Crippen LogP contribution >= 0.6 is 0 Å². The Morgan fingerprint density at radius 1 is 1.17 bits per heavy atom. The van der Waals surface area contributed by atoms with Crippen LogP contribution in [0.3, 0.4) is 0 Å². The third-order valence-corrected chi connectivity index (χ3v) is 13.4. The van der Waals surface area contributed by atoms with E-state index in [1.807, 2.05) is 13.0 Å². The summed E-state index contributed by atoms with van der Waals surface area (Å²) in [6.07, 6.45) is -0.477. The van der Waals surface area contributed by atoms with Gasteiger partial charge in [-0.3, -0.25) is 9.59 Å². The maximum Gasteiger partial charge on any atom is 0.308 e. The van der Waals surface area contributed by atoms with Crippen LogP contribution in [-0.4, -0.2) is 76.3 Å². The molecule has 41 heavy (non-hydrogen) atoms. The molecule has 7 fully saturated rings. The zero-order valence-corrected chi connectivity index (χ0v) is 23.9. The lowest BCUT2D eigenvalue weighted by Crippen LogP contribution is -2.86. The molecule has 10 heteroatoms. The van der Waals surface area contributed by atoms with Crippen molar-refractivity contribution in [1.82, 2.24) is 0 Å². The summed E-state index contributed by atoms with van der Waals surface area (Å²) in [6.45, 7) is 7.59. The first kappa shape index (κ1) is 26.8. The van der Waals surface area contributed by atoms with E-state index in [9.17, 15) is 24.9 Å². The first-order chi connectivity index (χ1) is 19.4. The first-order valence-electron chi connectivity index (χ1n) is 15.2. The van der Waals surface area contributed by atoms with Gasteiger partial charge in [-0.1, -0.05) is 27.7 Å². The molecule has 2 spiro atoms. The van der Waals surface area contributed by atoms with Crippen molar-refractivity contribution >= 4 is 11.8 Å². The predicted octanol–water partition coefficient (Wildman–Crippen LogP) is 2.29. The summed E-state index contributed by atoms with van der Waals surface area (Å²) >= 11 is 0. The number of aliphatic hydroxyl groups is 3. The Bertz CT molecular complexity index is 1300. The Morgan fingerprint density at radius 2 is 1.95 bits per heavy atom. The fourth-order valence-corrected chi connectivity index (χ4v) is 11.3. The second kappa shape index (κ2) is 8.01. The molecule has 4 saturated carbocycles. The Balaban J connectivity index is 1.27. The molecule has 3 bridgehead atoms. The standard InChI is InChI=1S/C31H40O10/c1-5-14(2)24(35)39-21-10-20(34)30-18-9-19(33)29(13-38-26(30)40-25(36)28(18,21)4)23(30)17(32)11-27(3)16(15-6-7-37-12-15)8-22-31(27,29)41-22/h6-7,12,14,16,18-23,25-26,33-34,36H,5,8-11,13H2,1-4H3/t14-,16-,18-,19-,20+,21+,22+,23+,25-,26+,27-,28+,29-,30-,31-/m1/s1. The second-order valence-corrected chi connectivity index (χ2v) is 14.5. The molecule has 4 heterocycles. The number of ether oxygens (including phenoxy) is 4. The van der Waals surface area contributed by atoms with Gasteiger partial charge in [0.2, 0.25) is 0 Å². The highest BCUT2D eigenvalue weighted by Gasteiger charge is 2.93. The fourth-order valence-electron chi connectivity index (χ4n) is 11.3. The van der Waals surface area contributed by atoms with E-state index in [1.54, 1.807) is 26.4 Å². The smallest absolute Gasteiger partial charge is 0.308 e. The molecule has 1 aromatic heterocycles. The van der Waals surface area contributed by atoms with Gasteiger partial charge >= 0.3 is 5.97 Å². The molecule has 0 aromatic carbocycles. The zero-order valence-electron chi connectivity index (χ0n) is 23.9. The summed E-state index contributed by atoms with van der Waals surface area (Å²) in [5.74, 6) is -2.21. The number of epoxide rings is 1. The van der Waals surface area contributed by atoms with E-state index in [0.717, 1.165) is 5.56 Å². The Kier molecular flexibility index (Phi) is 5.23. The second-order valence-electron chi connectivity index (χ2n) is 14.5. The summed E-state index contributed by atoms with van der Waals surface area (Å²) in [6, 6.07) is 1.94. The maximum absolute atomic E-state index is 14.7. The molecular weight excluding hydrogens is 532 g/mol. The van der Waals surface area contributed by atoms with Gasteiger partial charge in [-0.2, -0.15) is 0 Å². The lowest BCUT2D eigenvalue weighted by atomic mass is 9.32. The van der Waals surface area contributed by atoms with E-state index < -0.39 is 76.0 Å². The van der Waals surface area contributed by atoms with Gasteiger partial charge in [-0.15, -0.1) is 0 Å². The van der Waals surface area contributed by atoms with Crippen LogP contribution in [0.5, 0.6) is 0 Å². The minimum absolute atomic E-state index is 0.00902. The lowest BCUT2D eigenvalue weighted by Gasteiger charge is -2.76. The molecular formula is C31H40O10. The molecule has 3 saturated heterocycles. The molecule has 15 atom stereocenters. The average molecular weight is 573 g/mol. The molecule has 224 valence electrons. The highest BCUT2D eigenvalue weighted by atomic mass is 16.7. The van der Waals surface area contributed by atoms with Gasteiger partial charge in [0, 0.05) is 24.2 Å². The fraction of sp³-hybridized carbons (Fsp3) is 0.806. The van der Waals surface area contributed by atoms with E-state index in [1.165, 1.54) is 0 Å². The zero-order chi connectivity index (χ0) is 28.9. The number of ketones is 1. The Hall–Kier alpha value is -1.82. The monoisotopic (exact) mass is 572 g/mol. The van der Waals surface area contributed by atoms with Crippen LogP contribution in [0.25, 0.3) is 0 Å². The van der Waals surface area contributed by atoms with Gasteiger partial charge in [0.15, 0.2) is 12.6 Å². The van der Waals surface area contributed by atoms with Crippen LogP contribution in [0.4, 0.5) is 0 Å². The number of carbonyl (C=O) groups excluding carboxylic acids is 2. The Labute approximate surface area is 238 Å². The van der Waals surface area contributed by atoms with E-state index in [0.29, 0.717) is 12.8 Å². The van der Waals surface area contributed by atoms with Crippen molar-refractivity contribution in [2.24, 2.45) is 39.4 Å². The molecule has 0 unspecified atom stereocenters. The molecule has 10 nitrogen and oxygen atoms in total. The van der Waals surface area contributed by atoms with E-state index >= 15 is 0 Å². The number of esters is 1. The molecule has 7 aliphatic rings. The van der Waals surface area contributed by atoms with Crippen molar-refractivity contribution in [2.45, 2.75) is 108 Å². The van der Waals surface area contributed by atoms with Crippen LogP contribution in [0.1, 0.15) is 71.3 Å². The number of hydrogen-bond donors (Lipinski definition) is 3. The van der Waals surface area contributed by atoms with Crippen molar-refractivity contribution in [3.63, 3.8) is 0 Å². The van der Waals surface area contributed by atoms with Gasteiger partial charge < -0.3 is 38.7 Å². The van der Waals surface area contributed by atoms with Crippen LogP contribution in [-0.2, 0) is 28.5 Å². The highest BCUT2D eigenvalue weighted by molar-refractivity contribution is 5.87. The minimum atomic E-state index is -1.38. The molecule has 1 aromatic rings. The number of Topliss-reactive ketones (excluding diaryl/α,β-unsaturated/α-hetero) is 1. The molecule has 0 radical (unpaired) electrons. The van der Waals surface area contributed by atoms with Crippen LogP contribution in [0, 0.1) is 39.4 Å². The summed E-state index contributed by atoms with van der Waals surface area (Å²) in [5.41, 5.74) is -3.92. The van der Waals surface area contributed by atoms with Crippen molar-refractivity contribution in [1.29, 1.82) is 0 Å². The SMILES string of the molecule is CC[C@@H](C)C(=O)O[C@H]1C[C@H](O)[C@]23[C@H]4OC[C@@]5([C@H](O)C[C@@H]2[C@]1(C)[C@H](O)O4)[C@@H]3C(=O)C[C@]1(C)[C@@H](c2ccoc2)C[C@@H]2O[C@@]251. The largest absolute Gasteiger partial charge is 0.472 e. The average Bonchev–Trinajstić information content (AvgIpc) is 3.29. The minimum Gasteiger partial charge on any atom is -0.472 e. The molecule has 3 aliphatic heterocycles. The number of furan rings is 1. The highest BCUT2D eigenvalue weighted by Crippen LogP contribution is 2.84. The van der Waals surface area contributed by atoms with Gasteiger partial charge in [0.1, 0.15) is 17.5 Å². The maximum atomic E-state index is 14.7. The molecule has 3 N–H and O–H groups in total. The Morgan fingerprint density at radius 3 is 2.66 bits per heavy atom. The summed E-state index contributed by atoms with van der Waals surface area (Å²) in [7, 11) is 0. The van der Waals surface area contributed by atoms with Gasteiger partial charge in [0.25, 0.3) is 0 Å². The summed E-state index contributed by atoms with van der Waals surface area (Å²) < 4.78 is 30.6. The number of carbonyl (C=O) groups is 2. The van der Waals surface area contributed by atoms with Crippen molar-refractivity contribution in [2.75, 3.05) is 6.61 Å². The molecule has 8 rings (SSSR count). The number of aliphatic hydroxyl groups excluding tert-OH is 3. The van der Waals surface area contributed by atoms with Crippen molar-refractivity contribution < 1.29 is 48.3 Å². The lowest BCUT2D eigenvalue weighted by molar-refractivity contribution is -0.465.